The molecule has 30 heavy (non-hydrogen) atoms. The number of benzene rings is 2. The van der Waals surface area contributed by atoms with Crippen molar-refractivity contribution in [2.24, 2.45) is 0 Å². The maximum atomic E-state index is 11.9. The Hall–Kier alpha value is -4.08. The highest BCUT2D eigenvalue weighted by molar-refractivity contribution is 6.02. The lowest BCUT2D eigenvalue weighted by Gasteiger charge is -2.09. The molecule has 0 spiro atoms. The zero-order valence-electron chi connectivity index (χ0n) is 16.4. The van der Waals surface area contributed by atoms with Crippen LogP contribution in [0.15, 0.2) is 48.5 Å². The Morgan fingerprint density at radius 3 is 1.97 bits per heavy atom. The van der Waals surface area contributed by atoms with Crippen molar-refractivity contribution in [1.82, 2.24) is 10.6 Å². The van der Waals surface area contributed by atoms with Gasteiger partial charge in [-0.3, -0.25) is 19.7 Å². The molecule has 0 aliphatic heterocycles. The van der Waals surface area contributed by atoms with Crippen molar-refractivity contribution >= 4 is 29.5 Å². The van der Waals surface area contributed by atoms with Gasteiger partial charge in [0.2, 0.25) is 0 Å². The number of amides is 4. The van der Waals surface area contributed by atoms with Gasteiger partial charge in [-0.15, -0.1) is 0 Å². The molecule has 0 saturated carbocycles. The molecule has 2 aromatic rings. The Morgan fingerprint density at radius 1 is 0.833 bits per heavy atom. The molecule has 158 valence electrons. The molecule has 10 nitrogen and oxygen atoms in total. The first kappa shape index (κ1) is 22.2. The number of anilines is 1. The normalized spacial score (nSPS) is 9.80. The van der Waals surface area contributed by atoms with Gasteiger partial charge in [0.1, 0.15) is 18.0 Å². The van der Waals surface area contributed by atoms with E-state index in [-0.39, 0.29) is 0 Å². The van der Waals surface area contributed by atoms with Crippen LogP contribution in [-0.4, -0.2) is 51.2 Å². The number of rotatable bonds is 8. The average Bonchev–Trinajstić information content (AvgIpc) is 2.76. The van der Waals surface area contributed by atoms with E-state index in [1.807, 2.05) is 5.32 Å². The second-order valence-electron chi connectivity index (χ2n) is 5.80. The number of carbonyl (C=O) groups excluding carboxylic acids is 4. The fourth-order valence-corrected chi connectivity index (χ4v) is 2.19. The van der Waals surface area contributed by atoms with E-state index < -0.39 is 37.0 Å². The van der Waals surface area contributed by atoms with Crippen LogP contribution in [0.5, 0.6) is 11.5 Å². The third kappa shape index (κ3) is 7.15. The van der Waals surface area contributed by atoms with E-state index in [1.165, 1.54) is 26.4 Å². The predicted octanol–water partition coefficient (Wildman–Crippen LogP) is 1.33. The molecule has 0 atom stereocenters. The summed E-state index contributed by atoms with van der Waals surface area (Å²) in [5, 5.41) is 6.83. The topological polar surface area (TPSA) is 132 Å². The van der Waals surface area contributed by atoms with Crippen molar-refractivity contribution in [1.29, 1.82) is 0 Å². The smallest absolute Gasteiger partial charge is 0.325 e. The molecule has 10 heteroatoms. The molecular formula is C20H21N3O7. The fraction of sp³-hybridized carbons (Fsp3) is 0.200. The van der Waals surface area contributed by atoms with Crippen LogP contribution in [0.2, 0.25) is 0 Å². The van der Waals surface area contributed by atoms with Crippen molar-refractivity contribution in [3.05, 3.63) is 54.1 Å². The SMILES string of the molecule is COc1ccc(NC(=O)NC(=O)COC(=O)CNC(=O)c2ccc(OC)cc2)cc1. The van der Waals surface area contributed by atoms with Crippen LogP contribution in [0.4, 0.5) is 10.5 Å². The van der Waals surface area contributed by atoms with E-state index in [0.717, 1.165) is 0 Å². The van der Waals surface area contributed by atoms with Crippen molar-refractivity contribution in [2.75, 3.05) is 32.7 Å². The third-order valence-corrected chi connectivity index (χ3v) is 3.71. The van der Waals surface area contributed by atoms with Crippen LogP contribution >= 0.6 is 0 Å². The predicted molar refractivity (Wildman–Crippen MR) is 106 cm³/mol. The Kier molecular flexibility index (Phi) is 8.18. The van der Waals surface area contributed by atoms with Gasteiger partial charge >= 0.3 is 12.0 Å². The zero-order valence-corrected chi connectivity index (χ0v) is 16.4. The number of esters is 1. The Morgan fingerprint density at radius 2 is 1.40 bits per heavy atom. The summed E-state index contributed by atoms with van der Waals surface area (Å²) in [6, 6.07) is 12.0. The van der Waals surface area contributed by atoms with E-state index >= 15 is 0 Å². The first-order valence-corrected chi connectivity index (χ1v) is 8.74. The molecule has 2 aromatic carbocycles. The highest BCUT2D eigenvalue weighted by atomic mass is 16.5. The molecule has 0 aliphatic rings. The van der Waals surface area contributed by atoms with E-state index in [2.05, 4.69) is 10.6 Å². The highest BCUT2D eigenvalue weighted by Crippen LogP contribution is 2.14. The molecule has 4 amide bonds. The monoisotopic (exact) mass is 415 g/mol. The van der Waals surface area contributed by atoms with Crippen LogP contribution in [0.1, 0.15) is 10.4 Å². The third-order valence-electron chi connectivity index (χ3n) is 3.71. The first-order chi connectivity index (χ1) is 14.4. The largest absolute Gasteiger partial charge is 0.497 e. The molecule has 0 saturated heterocycles. The second-order valence-corrected chi connectivity index (χ2v) is 5.80. The van der Waals surface area contributed by atoms with Gasteiger partial charge in [0, 0.05) is 11.3 Å². The van der Waals surface area contributed by atoms with Crippen molar-refractivity contribution < 1.29 is 33.4 Å². The van der Waals surface area contributed by atoms with Crippen LogP contribution in [-0.2, 0) is 14.3 Å². The summed E-state index contributed by atoms with van der Waals surface area (Å²) in [6.45, 7) is -1.11. The minimum atomic E-state index is -0.831. The second kappa shape index (κ2) is 11.1. The summed E-state index contributed by atoms with van der Waals surface area (Å²) in [5.74, 6) is -0.938. The van der Waals surface area contributed by atoms with E-state index in [1.54, 1.807) is 36.4 Å². The average molecular weight is 415 g/mol. The highest BCUT2D eigenvalue weighted by Gasteiger charge is 2.13. The number of urea groups is 1. The Labute approximate surface area is 172 Å². The van der Waals surface area contributed by atoms with Gasteiger partial charge in [0.15, 0.2) is 6.61 Å². The molecule has 2 rings (SSSR count). The molecule has 0 aliphatic carbocycles. The molecule has 0 heterocycles. The fourth-order valence-electron chi connectivity index (χ4n) is 2.19. The maximum absolute atomic E-state index is 11.9. The molecular weight excluding hydrogens is 394 g/mol. The number of nitrogens with one attached hydrogen (secondary N) is 3. The number of hydrogen-bond acceptors (Lipinski definition) is 7. The minimum absolute atomic E-state index is 0.330. The Balaban J connectivity index is 1.68. The molecule has 0 bridgehead atoms. The van der Waals surface area contributed by atoms with Gasteiger partial charge < -0.3 is 24.8 Å². The maximum Gasteiger partial charge on any atom is 0.325 e. The molecule has 0 aromatic heterocycles. The molecule has 3 N–H and O–H groups in total. The standard InChI is InChI=1S/C20H21N3O7/c1-28-15-7-3-13(4-8-15)19(26)21-11-18(25)30-12-17(24)23-20(27)22-14-5-9-16(29-2)10-6-14/h3-10H,11-12H2,1-2H3,(H,21,26)(H2,22,23,24,27). The lowest BCUT2D eigenvalue weighted by molar-refractivity contribution is -0.147. The summed E-state index contributed by atoms with van der Waals surface area (Å²) in [7, 11) is 3.02. The van der Waals surface area contributed by atoms with Gasteiger partial charge in [0.05, 0.1) is 14.2 Å². The Bertz CT molecular complexity index is 896. The summed E-state index contributed by atoms with van der Waals surface area (Å²) in [6.07, 6.45) is 0. The van der Waals surface area contributed by atoms with Crippen molar-refractivity contribution in [3.63, 3.8) is 0 Å². The lowest BCUT2D eigenvalue weighted by Crippen LogP contribution is -2.38. The number of carbonyl (C=O) groups is 4. The van der Waals surface area contributed by atoms with E-state index in [0.29, 0.717) is 22.7 Å². The summed E-state index contributed by atoms with van der Waals surface area (Å²) < 4.78 is 14.7. The minimum Gasteiger partial charge on any atom is -0.497 e. The van der Waals surface area contributed by atoms with Crippen LogP contribution < -0.4 is 25.4 Å². The van der Waals surface area contributed by atoms with Crippen molar-refractivity contribution in [2.45, 2.75) is 0 Å². The van der Waals surface area contributed by atoms with Gasteiger partial charge in [-0.2, -0.15) is 0 Å². The summed E-state index contributed by atoms with van der Waals surface area (Å²) >= 11 is 0. The van der Waals surface area contributed by atoms with Crippen molar-refractivity contribution in [3.8, 4) is 11.5 Å². The van der Waals surface area contributed by atoms with Crippen LogP contribution in [0, 0.1) is 0 Å². The first-order valence-electron chi connectivity index (χ1n) is 8.74. The van der Waals surface area contributed by atoms with Gasteiger partial charge in [-0.25, -0.2) is 4.79 Å². The molecule has 0 unspecified atom stereocenters. The number of methoxy groups -OCH3 is 2. The quantitative estimate of drug-likeness (QED) is 0.554. The molecule has 0 fully saturated rings. The van der Waals surface area contributed by atoms with Gasteiger partial charge in [-0.05, 0) is 48.5 Å². The van der Waals surface area contributed by atoms with Crippen LogP contribution in [0.25, 0.3) is 0 Å². The van der Waals surface area contributed by atoms with Gasteiger partial charge in [0.25, 0.3) is 11.8 Å². The van der Waals surface area contributed by atoms with E-state index in [9.17, 15) is 19.2 Å². The lowest BCUT2D eigenvalue weighted by atomic mass is 10.2. The number of imide groups is 1. The van der Waals surface area contributed by atoms with Gasteiger partial charge in [-0.1, -0.05) is 0 Å². The summed E-state index contributed by atoms with van der Waals surface area (Å²) in [5.41, 5.74) is 0.774. The zero-order chi connectivity index (χ0) is 21.9. The van der Waals surface area contributed by atoms with E-state index in [4.69, 9.17) is 14.2 Å². The molecule has 0 radical (unpaired) electrons. The summed E-state index contributed by atoms with van der Waals surface area (Å²) in [4.78, 5) is 47.1. The van der Waals surface area contributed by atoms with Crippen LogP contribution in [0.3, 0.4) is 0 Å². The number of hydrogen-bond donors (Lipinski definition) is 3. The number of ether oxygens (including phenoxy) is 3.